The van der Waals surface area contributed by atoms with E-state index in [1.165, 1.54) is 25.7 Å². The van der Waals surface area contributed by atoms with Gasteiger partial charge in [-0.1, -0.05) is 38.5 Å². The van der Waals surface area contributed by atoms with Gasteiger partial charge in [-0.25, -0.2) is 0 Å². The minimum absolute atomic E-state index is 0.453. The van der Waals surface area contributed by atoms with Gasteiger partial charge in [-0.3, -0.25) is 10.1 Å². The Balaban J connectivity index is 2.03. The highest BCUT2D eigenvalue weighted by Crippen LogP contribution is 2.30. The highest BCUT2D eigenvalue weighted by atomic mass is 16.4. The molecule has 2 rings (SSSR count). The maximum atomic E-state index is 11.6. The van der Waals surface area contributed by atoms with Crippen LogP contribution in [0.25, 0.3) is 0 Å². The normalized spacial score (nSPS) is 26.5. The fraction of sp³-hybridized carbons (Fsp3) is 0.923. The molecule has 0 aromatic heterocycles. The van der Waals surface area contributed by atoms with Gasteiger partial charge in [0.1, 0.15) is 5.54 Å². The average molecular weight is 225 g/mol. The molecule has 2 saturated carbocycles. The summed E-state index contributed by atoms with van der Waals surface area (Å²) in [7, 11) is 0. The fourth-order valence-electron chi connectivity index (χ4n) is 3.21. The number of hydrogen-bond acceptors (Lipinski definition) is 2. The Labute approximate surface area is 97.6 Å². The molecule has 0 atom stereocenters. The number of carboxylic acid groups (broad SMARTS) is 1. The molecule has 0 heterocycles. The maximum absolute atomic E-state index is 11.6. The molecule has 3 heteroatoms. The molecule has 0 aromatic rings. The maximum Gasteiger partial charge on any atom is 0.323 e. The molecule has 0 saturated heterocycles. The van der Waals surface area contributed by atoms with E-state index in [0.717, 1.165) is 38.5 Å². The standard InChI is InChI=1S/C13H23NO2/c15-12(16)13(9-5-1-2-6-10-13)14-11-7-3-4-8-11/h11,14H,1-10H2,(H,15,16). The molecule has 2 N–H and O–H groups in total. The number of carbonyl (C=O) groups is 1. The molecule has 0 aliphatic heterocycles. The van der Waals surface area contributed by atoms with Crippen LogP contribution in [-0.2, 0) is 4.79 Å². The van der Waals surface area contributed by atoms with Crippen molar-refractivity contribution in [1.29, 1.82) is 0 Å². The highest BCUT2D eigenvalue weighted by Gasteiger charge is 2.40. The minimum Gasteiger partial charge on any atom is -0.480 e. The largest absolute Gasteiger partial charge is 0.480 e. The lowest BCUT2D eigenvalue weighted by molar-refractivity contribution is -0.146. The molecule has 2 fully saturated rings. The van der Waals surface area contributed by atoms with Crippen molar-refractivity contribution in [3.63, 3.8) is 0 Å². The van der Waals surface area contributed by atoms with E-state index in [2.05, 4.69) is 5.32 Å². The van der Waals surface area contributed by atoms with Gasteiger partial charge in [0.05, 0.1) is 0 Å². The second-order valence-corrected chi connectivity index (χ2v) is 5.43. The predicted octanol–water partition coefficient (Wildman–Crippen LogP) is 2.70. The first-order valence-electron chi connectivity index (χ1n) is 6.74. The quantitative estimate of drug-likeness (QED) is 0.726. The van der Waals surface area contributed by atoms with E-state index >= 15 is 0 Å². The third-order valence-corrected chi connectivity index (χ3v) is 4.20. The van der Waals surface area contributed by atoms with Gasteiger partial charge in [-0.2, -0.15) is 0 Å². The van der Waals surface area contributed by atoms with E-state index < -0.39 is 11.5 Å². The first kappa shape index (κ1) is 11.9. The van der Waals surface area contributed by atoms with E-state index in [4.69, 9.17) is 0 Å². The topological polar surface area (TPSA) is 49.3 Å². The molecule has 16 heavy (non-hydrogen) atoms. The van der Waals surface area contributed by atoms with Gasteiger partial charge in [-0.05, 0) is 25.7 Å². The van der Waals surface area contributed by atoms with Gasteiger partial charge in [0.25, 0.3) is 0 Å². The van der Waals surface area contributed by atoms with Crippen LogP contribution in [0.3, 0.4) is 0 Å². The van der Waals surface area contributed by atoms with Gasteiger partial charge in [0.15, 0.2) is 0 Å². The van der Waals surface area contributed by atoms with Crippen molar-refractivity contribution in [3.8, 4) is 0 Å². The molecule has 92 valence electrons. The summed E-state index contributed by atoms with van der Waals surface area (Å²) in [5.74, 6) is -0.624. The van der Waals surface area contributed by atoms with Gasteiger partial charge >= 0.3 is 5.97 Å². The van der Waals surface area contributed by atoms with Crippen LogP contribution in [0.15, 0.2) is 0 Å². The molecule has 0 radical (unpaired) electrons. The highest BCUT2D eigenvalue weighted by molar-refractivity contribution is 5.78. The first-order chi connectivity index (χ1) is 7.73. The lowest BCUT2D eigenvalue weighted by atomic mass is 9.89. The molecule has 2 aliphatic rings. The van der Waals surface area contributed by atoms with Crippen molar-refractivity contribution in [2.24, 2.45) is 0 Å². The number of nitrogens with one attached hydrogen (secondary N) is 1. The summed E-state index contributed by atoms with van der Waals surface area (Å²) in [4.78, 5) is 11.6. The van der Waals surface area contributed by atoms with E-state index in [0.29, 0.717) is 6.04 Å². The van der Waals surface area contributed by atoms with Crippen LogP contribution in [0.4, 0.5) is 0 Å². The molecule has 0 unspecified atom stereocenters. The summed E-state index contributed by atoms with van der Waals surface area (Å²) in [6.07, 6.45) is 11.0. The monoisotopic (exact) mass is 225 g/mol. The summed E-state index contributed by atoms with van der Waals surface area (Å²) in [6, 6.07) is 0.453. The van der Waals surface area contributed by atoms with Crippen LogP contribution >= 0.6 is 0 Å². The lowest BCUT2D eigenvalue weighted by Crippen LogP contribution is -2.55. The van der Waals surface area contributed by atoms with Crippen molar-refractivity contribution in [1.82, 2.24) is 5.32 Å². The first-order valence-corrected chi connectivity index (χ1v) is 6.74. The van der Waals surface area contributed by atoms with Gasteiger partial charge < -0.3 is 5.11 Å². The Morgan fingerprint density at radius 3 is 2.06 bits per heavy atom. The summed E-state index contributed by atoms with van der Waals surface area (Å²) in [5, 5.41) is 13.0. The summed E-state index contributed by atoms with van der Waals surface area (Å²) in [6.45, 7) is 0. The number of hydrogen-bond donors (Lipinski definition) is 2. The van der Waals surface area contributed by atoms with Crippen LogP contribution in [0.5, 0.6) is 0 Å². The summed E-state index contributed by atoms with van der Waals surface area (Å²) >= 11 is 0. The van der Waals surface area contributed by atoms with Crippen molar-refractivity contribution in [3.05, 3.63) is 0 Å². The van der Waals surface area contributed by atoms with Crippen LogP contribution in [-0.4, -0.2) is 22.7 Å². The van der Waals surface area contributed by atoms with Crippen LogP contribution in [0, 0.1) is 0 Å². The molecule has 0 aromatic carbocycles. The summed E-state index contributed by atoms with van der Waals surface area (Å²) < 4.78 is 0. The molecule has 0 amide bonds. The van der Waals surface area contributed by atoms with E-state index in [1.807, 2.05) is 0 Å². The smallest absolute Gasteiger partial charge is 0.323 e. The Kier molecular flexibility index (Phi) is 3.85. The van der Waals surface area contributed by atoms with Crippen molar-refractivity contribution < 1.29 is 9.90 Å². The molecule has 0 spiro atoms. The molecule has 0 bridgehead atoms. The van der Waals surface area contributed by atoms with E-state index in [-0.39, 0.29) is 0 Å². The Bertz CT molecular complexity index is 238. The minimum atomic E-state index is -0.624. The van der Waals surface area contributed by atoms with E-state index in [9.17, 15) is 9.90 Å². The molecular weight excluding hydrogens is 202 g/mol. The predicted molar refractivity (Wildman–Crippen MR) is 63.5 cm³/mol. The average Bonchev–Trinajstić information content (AvgIpc) is 2.62. The molecule has 3 nitrogen and oxygen atoms in total. The fourth-order valence-corrected chi connectivity index (χ4v) is 3.21. The third kappa shape index (κ3) is 2.57. The lowest BCUT2D eigenvalue weighted by Gasteiger charge is -2.32. The van der Waals surface area contributed by atoms with Crippen molar-refractivity contribution >= 4 is 5.97 Å². The SMILES string of the molecule is O=C(O)C1(NC2CCCC2)CCCCCC1. The number of aliphatic carboxylic acids is 1. The molecule has 2 aliphatic carbocycles. The zero-order valence-corrected chi connectivity index (χ0v) is 10.0. The Hall–Kier alpha value is -0.570. The number of rotatable bonds is 3. The van der Waals surface area contributed by atoms with Gasteiger partial charge in [-0.15, -0.1) is 0 Å². The van der Waals surface area contributed by atoms with Crippen molar-refractivity contribution in [2.75, 3.05) is 0 Å². The Morgan fingerprint density at radius 1 is 1.00 bits per heavy atom. The van der Waals surface area contributed by atoms with E-state index in [1.54, 1.807) is 0 Å². The zero-order valence-electron chi connectivity index (χ0n) is 10.0. The van der Waals surface area contributed by atoms with Crippen molar-refractivity contribution in [2.45, 2.75) is 75.8 Å². The van der Waals surface area contributed by atoms with Crippen LogP contribution in [0.2, 0.25) is 0 Å². The number of carboxylic acids is 1. The summed E-state index contributed by atoms with van der Waals surface area (Å²) in [5.41, 5.74) is -0.606. The zero-order chi connectivity index (χ0) is 11.4. The van der Waals surface area contributed by atoms with Gasteiger partial charge in [0, 0.05) is 6.04 Å². The van der Waals surface area contributed by atoms with Gasteiger partial charge in [0.2, 0.25) is 0 Å². The molecular formula is C13H23NO2. The Morgan fingerprint density at radius 2 is 1.56 bits per heavy atom. The van der Waals surface area contributed by atoms with Crippen LogP contribution in [0.1, 0.15) is 64.2 Å². The second-order valence-electron chi connectivity index (χ2n) is 5.43. The second kappa shape index (κ2) is 5.17. The van der Waals surface area contributed by atoms with Crippen LogP contribution < -0.4 is 5.32 Å². The third-order valence-electron chi connectivity index (χ3n) is 4.20.